The summed E-state index contributed by atoms with van der Waals surface area (Å²) >= 11 is 0. The second-order valence-electron chi connectivity index (χ2n) is 5.04. The molecule has 4 nitrogen and oxygen atoms in total. The van der Waals surface area contributed by atoms with E-state index in [4.69, 9.17) is 0 Å². The van der Waals surface area contributed by atoms with Gasteiger partial charge < -0.3 is 4.74 Å². The lowest BCUT2D eigenvalue weighted by Gasteiger charge is -2.24. The van der Waals surface area contributed by atoms with Crippen LogP contribution in [0.15, 0.2) is 18.3 Å². The Balaban J connectivity index is 2.63. The maximum atomic E-state index is 11.4. The van der Waals surface area contributed by atoms with Gasteiger partial charge in [0.1, 0.15) is 0 Å². The summed E-state index contributed by atoms with van der Waals surface area (Å²) < 4.78 is 4.67. The van der Waals surface area contributed by atoms with Crippen LogP contribution >= 0.6 is 0 Å². The molecule has 0 amide bonds. The number of hydrogen-bond acceptors (Lipinski definition) is 4. The maximum Gasteiger partial charge on any atom is 0.339 e. The monoisotopic (exact) mass is 278 g/mol. The normalized spacial score (nSPS) is 11.1. The van der Waals surface area contributed by atoms with Gasteiger partial charge in [0.25, 0.3) is 0 Å². The molecule has 112 valence electrons. The molecule has 4 heteroatoms. The maximum absolute atomic E-state index is 11.4. The third-order valence-corrected chi connectivity index (χ3v) is 3.75. The molecule has 0 spiro atoms. The third kappa shape index (κ3) is 4.93. The Morgan fingerprint density at radius 2 is 2.00 bits per heavy atom. The lowest BCUT2D eigenvalue weighted by atomic mass is 10.0. The number of ether oxygens (including phenoxy) is 1. The summed E-state index contributed by atoms with van der Waals surface area (Å²) in [5.41, 5.74) is 1.49. The Labute approximate surface area is 122 Å². The first-order valence-corrected chi connectivity index (χ1v) is 7.40. The highest BCUT2D eigenvalue weighted by atomic mass is 16.5. The van der Waals surface area contributed by atoms with E-state index < -0.39 is 0 Å². The van der Waals surface area contributed by atoms with Crippen molar-refractivity contribution in [2.75, 3.05) is 20.2 Å². The van der Waals surface area contributed by atoms with E-state index in [2.05, 4.69) is 35.4 Å². The van der Waals surface area contributed by atoms with E-state index in [1.807, 2.05) is 6.07 Å². The van der Waals surface area contributed by atoms with Gasteiger partial charge in [-0.1, -0.05) is 33.6 Å². The summed E-state index contributed by atoms with van der Waals surface area (Å²) in [5, 5.41) is 0. The number of hydrogen-bond donors (Lipinski definition) is 0. The van der Waals surface area contributed by atoms with Gasteiger partial charge in [0.05, 0.1) is 18.4 Å². The van der Waals surface area contributed by atoms with Crippen LogP contribution < -0.4 is 0 Å². The van der Waals surface area contributed by atoms with Crippen LogP contribution in [0.5, 0.6) is 0 Å². The van der Waals surface area contributed by atoms with E-state index in [0.29, 0.717) is 5.56 Å². The van der Waals surface area contributed by atoms with Crippen LogP contribution in [0.3, 0.4) is 0 Å². The van der Waals surface area contributed by atoms with Crippen LogP contribution in [0.4, 0.5) is 0 Å². The zero-order valence-electron chi connectivity index (χ0n) is 13.1. The molecule has 0 saturated carbocycles. The molecule has 0 fully saturated rings. The van der Waals surface area contributed by atoms with Gasteiger partial charge in [-0.3, -0.25) is 9.88 Å². The predicted octanol–water partition coefficient (Wildman–Crippen LogP) is 3.13. The fourth-order valence-electron chi connectivity index (χ4n) is 2.20. The summed E-state index contributed by atoms with van der Waals surface area (Å²) in [5.74, 6) is 0.401. The molecule has 0 bridgehead atoms. The first-order valence-electron chi connectivity index (χ1n) is 7.40. The molecular weight excluding hydrogens is 252 g/mol. The molecule has 1 heterocycles. The minimum atomic E-state index is -0.339. The summed E-state index contributed by atoms with van der Waals surface area (Å²) in [6.45, 7) is 9.59. The van der Waals surface area contributed by atoms with Gasteiger partial charge in [0.15, 0.2) is 0 Å². The van der Waals surface area contributed by atoms with Crippen molar-refractivity contribution in [1.82, 2.24) is 9.88 Å². The van der Waals surface area contributed by atoms with Crippen molar-refractivity contribution in [3.63, 3.8) is 0 Å². The molecule has 0 aliphatic carbocycles. The summed E-state index contributed by atoms with van der Waals surface area (Å²) in [4.78, 5) is 18.1. The number of methoxy groups -OCH3 is 1. The Kier molecular flexibility index (Phi) is 7.23. The molecule has 0 radical (unpaired) electrons. The van der Waals surface area contributed by atoms with Gasteiger partial charge in [-0.2, -0.15) is 0 Å². The first kappa shape index (κ1) is 16.6. The number of rotatable bonds is 8. The van der Waals surface area contributed by atoms with Crippen LogP contribution in [-0.2, 0) is 11.3 Å². The van der Waals surface area contributed by atoms with Crippen LogP contribution in [0, 0.1) is 5.92 Å². The van der Waals surface area contributed by atoms with Crippen molar-refractivity contribution < 1.29 is 9.53 Å². The molecule has 20 heavy (non-hydrogen) atoms. The molecule has 0 saturated heterocycles. The number of nitrogens with zero attached hydrogens (tertiary/aromatic N) is 2. The topological polar surface area (TPSA) is 42.4 Å². The smallest absolute Gasteiger partial charge is 0.339 e. The van der Waals surface area contributed by atoms with Gasteiger partial charge >= 0.3 is 5.97 Å². The molecular formula is C16H26N2O2. The number of esters is 1. The number of pyridine rings is 1. The van der Waals surface area contributed by atoms with E-state index in [9.17, 15) is 4.79 Å². The fraction of sp³-hybridized carbons (Fsp3) is 0.625. The lowest BCUT2D eigenvalue weighted by molar-refractivity contribution is 0.0600. The average molecular weight is 278 g/mol. The van der Waals surface area contributed by atoms with Gasteiger partial charge in [0, 0.05) is 19.3 Å². The second-order valence-corrected chi connectivity index (χ2v) is 5.04. The van der Waals surface area contributed by atoms with Crippen LogP contribution in [0.25, 0.3) is 0 Å². The SMILES string of the molecule is CCC(CC)CN(CC)Cc1ccc(C(=O)OC)cn1. The van der Waals surface area contributed by atoms with E-state index in [1.165, 1.54) is 20.0 Å². The molecule has 0 unspecified atom stereocenters. The lowest BCUT2D eigenvalue weighted by Crippen LogP contribution is -2.29. The van der Waals surface area contributed by atoms with E-state index in [-0.39, 0.29) is 5.97 Å². The third-order valence-electron chi connectivity index (χ3n) is 3.75. The zero-order valence-corrected chi connectivity index (χ0v) is 13.1. The molecule has 0 aliphatic heterocycles. The van der Waals surface area contributed by atoms with Crippen molar-refractivity contribution in [1.29, 1.82) is 0 Å². The number of carbonyl (C=O) groups excluding carboxylic acids is 1. The second kappa shape index (κ2) is 8.69. The van der Waals surface area contributed by atoms with Crippen molar-refractivity contribution in [3.8, 4) is 0 Å². The molecule has 1 aromatic heterocycles. The Bertz CT molecular complexity index is 399. The van der Waals surface area contributed by atoms with Crippen molar-refractivity contribution in [2.24, 2.45) is 5.92 Å². The number of aromatic nitrogens is 1. The van der Waals surface area contributed by atoms with E-state index >= 15 is 0 Å². The fourth-order valence-corrected chi connectivity index (χ4v) is 2.20. The van der Waals surface area contributed by atoms with Gasteiger partial charge in [-0.15, -0.1) is 0 Å². The highest BCUT2D eigenvalue weighted by Gasteiger charge is 2.12. The molecule has 0 aromatic carbocycles. The first-order chi connectivity index (χ1) is 9.64. The highest BCUT2D eigenvalue weighted by Crippen LogP contribution is 2.12. The molecule has 1 aromatic rings. The summed E-state index contributed by atoms with van der Waals surface area (Å²) in [6, 6.07) is 3.68. The van der Waals surface area contributed by atoms with Crippen molar-refractivity contribution >= 4 is 5.97 Å². The minimum absolute atomic E-state index is 0.339. The van der Waals surface area contributed by atoms with Gasteiger partial charge in [-0.05, 0) is 24.6 Å². The highest BCUT2D eigenvalue weighted by molar-refractivity contribution is 5.88. The van der Waals surface area contributed by atoms with Crippen molar-refractivity contribution in [2.45, 2.75) is 40.2 Å². The van der Waals surface area contributed by atoms with Crippen LogP contribution in [0.2, 0.25) is 0 Å². The van der Waals surface area contributed by atoms with Gasteiger partial charge in [-0.25, -0.2) is 4.79 Å². The van der Waals surface area contributed by atoms with Crippen LogP contribution in [0.1, 0.15) is 49.7 Å². The Morgan fingerprint density at radius 1 is 1.30 bits per heavy atom. The molecule has 0 N–H and O–H groups in total. The van der Waals surface area contributed by atoms with Crippen LogP contribution in [-0.4, -0.2) is 36.1 Å². The molecule has 0 aliphatic rings. The van der Waals surface area contributed by atoms with Gasteiger partial charge in [0.2, 0.25) is 0 Å². The summed E-state index contributed by atoms with van der Waals surface area (Å²) in [7, 11) is 1.38. The van der Waals surface area contributed by atoms with E-state index in [0.717, 1.165) is 31.2 Å². The molecule has 1 rings (SSSR count). The van der Waals surface area contributed by atoms with Crippen molar-refractivity contribution in [3.05, 3.63) is 29.6 Å². The standard InChI is InChI=1S/C16H26N2O2/c1-5-13(6-2)11-18(7-3)12-15-9-8-14(10-17-15)16(19)20-4/h8-10,13H,5-7,11-12H2,1-4H3. The Morgan fingerprint density at radius 3 is 2.45 bits per heavy atom. The predicted molar refractivity (Wildman–Crippen MR) is 80.6 cm³/mol. The largest absolute Gasteiger partial charge is 0.465 e. The van der Waals surface area contributed by atoms with E-state index in [1.54, 1.807) is 12.3 Å². The number of carbonyl (C=O) groups is 1. The Hall–Kier alpha value is -1.42. The minimum Gasteiger partial charge on any atom is -0.465 e. The quantitative estimate of drug-likeness (QED) is 0.685. The zero-order chi connectivity index (χ0) is 15.0. The summed E-state index contributed by atoms with van der Waals surface area (Å²) in [6.07, 6.45) is 4.01. The average Bonchev–Trinajstić information content (AvgIpc) is 2.51. The molecule has 0 atom stereocenters.